The molecule has 55 heavy (non-hydrogen) atoms. The van der Waals surface area contributed by atoms with Crippen molar-refractivity contribution in [2.45, 2.75) is 187 Å². The molecule has 1 fully saturated rings. The number of phosphoric acid groups is 2. The van der Waals surface area contributed by atoms with Gasteiger partial charge in [0.05, 0.1) is 13.7 Å². The first-order valence-corrected chi connectivity index (χ1v) is 22.6. The molecule has 322 valence electrons. The Labute approximate surface area is 326 Å². The Balaban J connectivity index is 2.66. The molecule has 1 rings (SSSR count). The van der Waals surface area contributed by atoms with Crippen LogP contribution in [0.1, 0.15) is 150 Å². The lowest BCUT2D eigenvalue weighted by Gasteiger charge is -2.45. The van der Waals surface area contributed by atoms with Gasteiger partial charge >= 0.3 is 25.7 Å². The second-order valence-corrected chi connectivity index (χ2v) is 16.7. The number of nitrogens with zero attached hydrogens (tertiary/aromatic N) is 1. The average Bonchev–Trinajstić information content (AvgIpc) is 3.09. The highest BCUT2D eigenvalue weighted by molar-refractivity contribution is 7.60. The van der Waals surface area contributed by atoms with Gasteiger partial charge < -0.3 is 43.1 Å². The highest BCUT2D eigenvalue weighted by Gasteiger charge is 2.53. The lowest BCUT2D eigenvalue weighted by molar-refractivity contribution is -0.267. The smallest absolute Gasteiger partial charge is 0.481 e. The fraction of sp³-hybridized carbons (Fsp3) is 0.889. The number of hydrogen-bond donors (Lipinski definition) is 1. The van der Waals surface area contributed by atoms with Crippen molar-refractivity contribution in [2.75, 3.05) is 20.3 Å². The van der Waals surface area contributed by atoms with Crippen LogP contribution >= 0.6 is 15.6 Å². The number of carbonyl (C=O) groups excluding carboxylic acids is 3. The van der Waals surface area contributed by atoms with Gasteiger partial charge in [-0.15, -0.1) is 0 Å². The third kappa shape index (κ3) is 23.8. The first-order chi connectivity index (χ1) is 26.0. The van der Waals surface area contributed by atoms with Crippen molar-refractivity contribution < 1.29 is 75.4 Å². The van der Waals surface area contributed by atoms with E-state index in [1.54, 1.807) is 0 Å². The number of aliphatic imine (C=N–C) groups is 1. The van der Waals surface area contributed by atoms with Crippen molar-refractivity contribution in [1.82, 2.24) is 0 Å². The van der Waals surface area contributed by atoms with Gasteiger partial charge in [0.1, 0.15) is 24.9 Å². The Morgan fingerprint density at radius 3 is 1.73 bits per heavy atom. The van der Waals surface area contributed by atoms with Crippen LogP contribution in [0.15, 0.2) is 4.99 Å². The number of rotatable bonds is 31. The lowest BCUT2D eigenvalue weighted by Crippen LogP contribution is -2.62. The molecule has 19 heteroatoms. The van der Waals surface area contributed by atoms with Gasteiger partial charge in [-0.1, -0.05) is 116 Å². The van der Waals surface area contributed by atoms with Crippen molar-refractivity contribution in [3.63, 3.8) is 0 Å². The maximum absolute atomic E-state index is 13.0. The predicted octanol–water partition coefficient (Wildman–Crippen LogP) is 5.96. The zero-order valence-electron chi connectivity index (χ0n) is 33.5. The maximum Gasteiger partial charge on any atom is 0.481 e. The fourth-order valence-corrected chi connectivity index (χ4v) is 8.23. The van der Waals surface area contributed by atoms with Crippen LogP contribution in [-0.4, -0.2) is 85.8 Å². The topological polar surface area (TPSA) is 238 Å². The zero-order chi connectivity index (χ0) is 41.3. The molecule has 1 aliphatic heterocycles. The number of esters is 3. The third-order valence-electron chi connectivity index (χ3n) is 8.78. The molecule has 1 N–H and O–H groups in total. The summed E-state index contributed by atoms with van der Waals surface area (Å²) in [5.41, 5.74) is 0. The molecule has 1 saturated heterocycles. The van der Waals surface area contributed by atoms with E-state index >= 15 is 0 Å². The van der Waals surface area contributed by atoms with Crippen molar-refractivity contribution in [3.8, 4) is 0 Å². The number of phosphoric ester groups is 2. The highest BCUT2D eigenvalue weighted by Crippen LogP contribution is 2.59. The van der Waals surface area contributed by atoms with E-state index in [4.69, 9.17) is 28.0 Å². The van der Waals surface area contributed by atoms with Crippen LogP contribution in [-0.2, 0) is 60.6 Å². The largest absolute Gasteiger partial charge is 0.862 e. The summed E-state index contributed by atoms with van der Waals surface area (Å²) in [5.74, 6) is -3.43. The van der Waals surface area contributed by atoms with Gasteiger partial charge in [-0.25, -0.2) is 13.7 Å². The standard InChI is InChI=1S/C36H67NO16P2/c1-7-8-9-10-11-12-13-14-15-16-17-18-19-20-21-22-23-24-25-48-54(42,43)53-55(44,45)52-36-32(37-28(3)38)34(49-27(2)35(41)46-6)33(50-30(5)40)31(51-36)26-47-29(4)39/h27,31-34,36H,7-26H2,1-6H3,(H,37,38)(H,42,43)(H,44,45)/p-2/t27-,31-,32-,33-,34-,36-/m1/s1. The average molecular weight is 830 g/mol. The zero-order valence-corrected chi connectivity index (χ0v) is 35.3. The van der Waals surface area contributed by atoms with Crippen LogP contribution in [0.4, 0.5) is 0 Å². The number of carbonyl (C=O) groups is 3. The van der Waals surface area contributed by atoms with E-state index in [0.717, 1.165) is 53.6 Å². The van der Waals surface area contributed by atoms with Crippen molar-refractivity contribution in [3.05, 3.63) is 0 Å². The molecule has 17 nitrogen and oxygen atoms in total. The summed E-state index contributed by atoms with van der Waals surface area (Å²) in [7, 11) is -9.96. The van der Waals surface area contributed by atoms with Crippen LogP contribution in [0.2, 0.25) is 0 Å². The minimum atomic E-state index is -5.62. The van der Waals surface area contributed by atoms with Gasteiger partial charge in [0.25, 0.3) is 7.82 Å². The molecule has 0 saturated carbocycles. The van der Waals surface area contributed by atoms with Gasteiger partial charge in [0.2, 0.25) is 0 Å². The maximum atomic E-state index is 13.0. The van der Waals surface area contributed by atoms with Crippen LogP contribution < -0.4 is 10.00 Å². The molecule has 0 aliphatic carbocycles. The molecule has 0 aromatic carbocycles. The lowest BCUT2D eigenvalue weighted by atomic mass is 9.96. The van der Waals surface area contributed by atoms with Crippen molar-refractivity contribution >= 4 is 39.5 Å². The molecule has 1 heterocycles. The number of methoxy groups -OCH3 is 1. The van der Waals surface area contributed by atoms with E-state index in [9.17, 15) is 38.4 Å². The van der Waals surface area contributed by atoms with E-state index in [2.05, 4.69) is 21.0 Å². The molecule has 0 spiro atoms. The first-order valence-electron chi connectivity index (χ1n) is 19.6. The number of hydrogen-bond acceptors (Lipinski definition) is 16. The SMILES string of the molecule is CCCCCCCCCCCCCCCCCCCCOP(=O)([O-])OP(=O)(O)O[C@H]1O[C@H](COC(C)=O)[C@@H](OC(C)=O)[C@H](O[C@H](C)C(=O)OC)[C@H]1N=C(C)[O-]. The number of ether oxygens (including phenoxy) is 5. The Bertz CT molecular complexity index is 1230. The fourth-order valence-electron chi connectivity index (χ4n) is 6.09. The molecule has 0 radical (unpaired) electrons. The molecule has 2 unspecified atom stereocenters. The summed E-state index contributed by atoms with van der Waals surface area (Å²) in [4.78, 5) is 62.7. The summed E-state index contributed by atoms with van der Waals surface area (Å²) < 4.78 is 66.2. The van der Waals surface area contributed by atoms with Crippen LogP contribution in [0.25, 0.3) is 0 Å². The normalized spacial score (nSPS) is 23.0. The highest BCUT2D eigenvalue weighted by atomic mass is 31.3. The summed E-state index contributed by atoms with van der Waals surface area (Å²) >= 11 is 0. The minimum Gasteiger partial charge on any atom is -0.862 e. The first kappa shape index (κ1) is 51.1. The van der Waals surface area contributed by atoms with Gasteiger partial charge in [-0.3, -0.25) is 23.7 Å². The van der Waals surface area contributed by atoms with Gasteiger partial charge in [-0.2, -0.15) is 0 Å². The molecule has 0 aromatic heterocycles. The van der Waals surface area contributed by atoms with Gasteiger partial charge in [0.15, 0.2) is 18.5 Å². The van der Waals surface area contributed by atoms with E-state index in [0.29, 0.717) is 12.8 Å². The van der Waals surface area contributed by atoms with E-state index in [1.165, 1.54) is 84.0 Å². The second kappa shape index (κ2) is 28.5. The predicted molar refractivity (Wildman–Crippen MR) is 198 cm³/mol. The summed E-state index contributed by atoms with van der Waals surface area (Å²) in [5, 5.41) is 12.2. The molecular formula is C36H65NO16P2-2. The summed E-state index contributed by atoms with van der Waals surface area (Å²) in [6.45, 7) is 5.68. The van der Waals surface area contributed by atoms with Crippen molar-refractivity contribution in [1.29, 1.82) is 0 Å². The molecule has 0 bridgehead atoms. The van der Waals surface area contributed by atoms with E-state index in [-0.39, 0.29) is 6.61 Å². The third-order valence-corrected chi connectivity index (χ3v) is 11.4. The Morgan fingerprint density at radius 2 is 1.29 bits per heavy atom. The molecule has 0 aromatic rings. The van der Waals surface area contributed by atoms with Crippen LogP contribution in [0.3, 0.4) is 0 Å². The van der Waals surface area contributed by atoms with Crippen molar-refractivity contribution in [2.24, 2.45) is 4.99 Å². The minimum absolute atomic E-state index is 0.308. The monoisotopic (exact) mass is 829 g/mol. The Hall–Kier alpha value is -1.94. The second-order valence-electron chi connectivity index (χ2n) is 13.8. The molecule has 0 amide bonds. The Kier molecular flexibility index (Phi) is 26.4. The van der Waals surface area contributed by atoms with Gasteiger partial charge in [0, 0.05) is 13.8 Å². The summed E-state index contributed by atoms with van der Waals surface area (Å²) in [6.07, 6.45) is 12.8. The van der Waals surface area contributed by atoms with E-state index in [1.807, 2.05) is 0 Å². The Morgan fingerprint density at radius 1 is 0.800 bits per heavy atom. The van der Waals surface area contributed by atoms with E-state index < -0.39 is 82.8 Å². The van der Waals surface area contributed by atoms with Crippen LogP contribution in [0, 0.1) is 0 Å². The van der Waals surface area contributed by atoms with Crippen LogP contribution in [0.5, 0.6) is 0 Å². The summed E-state index contributed by atoms with van der Waals surface area (Å²) in [6, 6.07) is -1.75. The number of unbranched alkanes of at least 4 members (excludes halogenated alkanes) is 17. The molecule has 1 aliphatic rings. The quantitative estimate of drug-likeness (QED) is 0.0212. The van der Waals surface area contributed by atoms with Gasteiger partial charge in [-0.05, 0) is 26.2 Å². The molecular weight excluding hydrogens is 764 g/mol. The molecule has 8 atom stereocenters.